The summed E-state index contributed by atoms with van der Waals surface area (Å²) in [5.74, 6) is 0. The molecule has 1 rings (SSSR count). The predicted molar refractivity (Wildman–Crippen MR) is 73.3 cm³/mol. The van der Waals surface area contributed by atoms with Crippen LogP contribution in [0.1, 0.15) is 26.8 Å². The van der Waals surface area contributed by atoms with E-state index in [1.54, 1.807) is 0 Å². The average Bonchev–Trinajstić information content (AvgIpc) is 2.36. The van der Waals surface area contributed by atoms with Crippen LogP contribution in [0.5, 0.6) is 0 Å². The minimum atomic E-state index is -6.69. The Bertz CT molecular complexity index is 807. The van der Waals surface area contributed by atoms with Gasteiger partial charge in [-0.1, -0.05) is 12.1 Å². The van der Waals surface area contributed by atoms with E-state index in [4.69, 9.17) is 0 Å². The van der Waals surface area contributed by atoms with Crippen molar-refractivity contribution in [3.8, 4) is 0 Å². The van der Waals surface area contributed by atoms with Crippen molar-refractivity contribution in [3.05, 3.63) is 34.4 Å². The fourth-order valence-corrected chi connectivity index (χ4v) is 5.63. The van der Waals surface area contributed by atoms with E-state index in [0.29, 0.717) is 11.6 Å². The number of alkyl halides is 6. The van der Waals surface area contributed by atoms with Crippen molar-refractivity contribution >= 4 is 19.7 Å². The molecule has 0 spiro atoms. The average molecular weight is 398 g/mol. The topological polar surface area (TPSA) is 68.3 Å². The molecule has 0 aliphatic carbocycles. The number of benzene rings is 1. The standard InChI is InChI=1S/C12H12F6O4S2/c1-6-4-5-9(8(3)7(6)2)10(23(19,20)11(13,14)15)24(21,22)12(16,17)18/h4-5,10H,1-3H3. The maximum absolute atomic E-state index is 12.8. The highest BCUT2D eigenvalue weighted by atomic mass is 32.3. The van der Waals surface area contributed by atoms with Crippen LogP contribution in [0, 0.1) is 20.8 Å². The molecule has 1 aromatic carbocycles. The summed E-state index contributed by atoms with van der Waals surface area (Å²) in [5.41, 5.74) is -13.1. The van der Waals surface area contributed by atoms with Gasteiger partial charge >= 0.3 is 11.0 Å². The van der Waals surface area contributed by atoms with Crippen molar-refractivity contribution in [1.82, 2.24) is 0 Å². The first-order valence-electron chi connectivity index (χ1n) is 6.13. The third-order valence-electron chi connectivity index (χ3n) is 3.56. The Morgan fingerprint density at radius 3 is 1.46 bits per heavy atom. The molecule has 4 nitrogen and oxygen atoms in total. The quantitative estimate of drug-likeness (QED) is 0.731. The highest BCUT2D eigenvalue weighted by Crippen LogP contribution is 2.46. The van der Waals surface area contributed by atoms with Gasteiger partial charge in [0.1, 0.15) is 0 Å². The molecule has 12 heteroatoms. The number of rotatable bonds is 3. The third-order valence-corrected chi connectivity index (χ3v) is 8.01. The molecule has 0 heterocycles. The number of halogens is 6. The van der Waals surface area contributed by atoms with E-state index in [1.165, 1.54) is 13.8 Å². The van der Waals surface area contributed by atoms with Crippen molar-refractivity contribution in [3.63, 3.8) is 0 Å². The number of hydrogen-bond acceptors (Lipinski definition) is 4. The first kappa shape index (κ1) is 20.7. The van der Waals surface area contributed by atoms with Gasteiger partial charge in [-0.15, -0.1) is 0 Å². The monoisotopic (exact) mass is 398 g/mol. The van der Waals surface area contributed by atoms with Crippen molar-refractivity contribution in [2.45, 2.75) is 36.4 Å². The molecule has 0 bridgehead atoms. The predicted octanol–water partition coefficient (Wildman–Crippen LogP) is 3.48. The number of sulfone groups is 2. The van der Waals surface area contributed by atoms with E-state index in [-0.39, 0.29) is 11.1 Å². The van der Waals surface area contributed by atoms with E-state index >= 15 is 0 Å². The van der Waals surface area contributed by atoms with Crippen LogP contribution in [0.15, 0.2) is 12.1 Å². The van der Waals surface area contributed by atoms with Crippen LogP contribution in [0.3, 0.4) is 0 Å². The van der Waals surface area contributed by atoms with E-state index in [9.17, 15) is 43.2 Å². The van der Waals surface area contributed by atoms with Gasteiger partial charge in [-0.25, -0.2) is 16.8 Å². The van der Waals surface area contributed by atoms with Crippen LogP contribution in [-0.2, 0) is 19.7 Å². The molecule has 0 N–H and O–H groups in total. The summed E-state index contributed by atoms with van der Waals surface area (Å²) in [4.78, 5) is 0. The highest BCUT2D eigenvalue weighted by molar-refractivity contribution is 8.09. The zero-order chi connectivity index (χ0) is 19.3. The molecule has 0 saturated carbocycles. The zero-order valence-electron chi connectivity index (χ0n) is 12.4. The van der Waals surface area contributed by atoms with Crippen LogP contribution in [0.25, 0.3) is 0 Å². The van der Waals surface area contributed by atoms with Gasteiger partial charge in [0.2, 0.25) is 4.58 Å². The van der Waals surface area contributed by atoms with Crippen LogP contribution < -0.4 is 0 Å². The normalized spacial score (nSPS) is 14.2. The fraction of sp³-hybridized carbons (Fsp3) is 0.500. The first-order chi connectivity index (χ1) is 10.5. The summed E-state index contributed by atoms with van der Waals surface area (Å²) in [6.07, 6.45) is 0. The Labute approximate surface area is 134 Å². The molecule has 0 saturated heterocycles. The van der Waals surface area contributed by atoms with Crippen molar-refractivity contribution in [1.29, 1.82) is 0 Å². The Morgan fingerprint density at radius 1 is 0.750 bits per heavy atom. The molecule has 1 aromatic rings. The number of aryl methyl sites for hydroxylation is 1. The summed E-state index contributed by atoms with van der Waals surface area (Å²) < 4.78 is 119. The molecule has 138 valence electrons. The molecular formula is C12H12F6O4S2. The molecule has 24 heavy (non-hydrogen) atoms. The Balaban J connectivity index is 3.95. The van der Waals surface area contributed by atoms with Crippen LogP contribution in [0.2, 0.25) is 0 Å². The minimum absolute atomic E-state index is 0.187. The van der Waals surface area contributed by atoms with Gasteiger partial charge in [-0.3, -0.25) is 0 Å². The third kappa shape index (κ3) is 3.25. The van der Waals surface area contributed by atoms with E-state index in [0.717, 1.165) is 13.0 Å². The minimum Gasteiger partial charge on any atom is -0.218 e. The van der Waals surface area contributed by atoms with Crippen LogP contribution in [-0.4, -0.2) is 27.9 Å². The van der Waals surface area contributed by atoms with Gasteiger partial charge in [-0.05, 0) is 43.0 Å². The molecule has 0 amide bonds. The van der Waals surface area contributed by atoms with Gasteiger partial charge in [0, 0.05) is 0 Å². The van der Waals surface area contributed by atoms with Gasteiger partial charge in [-0.2, -0.15) is 26.3 Å². The number of hydrogen-bond donors (Lipinski definition) is 0. The lowest BCUT2D eigenvalue weighted by Gasteiger charge is -2.23. The van der Waals surface area contributed by atoms with Crippen molar-refractivity contribution < 1.29 is 43.2 Å². The van der Waals surface area contributed by atoms with Gasteiger partial charge in [0.15, 0.2) is 0 Å². The molecule has 0 fully saturated rings. The molecule has 0 unspecified atom stereocenters. The molecule has 0 aliphatic heterocycles. The SMILES string of the molecule is Cc1ccc(C(S(=O)(=O)C(F)(F)F)S(=O)(=O)C(F)(F)F)c(C)c1C. The summed E-state index contributed by atoms with van der Waals surface area (Å²) in [7, 11) is -13.4. The lowest BCUT2D eigenvalue weighted by molar-refractivity contribution is -0.0472. The Hall–Kier alpha value is -1.30. The highest BCUT2D eigenvalue weighted by Gasteiger charge is 2.63. The maximum Gasteiger partial charge on any atom is 0.499 e. The second-order valence-corrected chi connectivity index (χ2v) is 9.38. The van der Waals surface area contributed by atoms with Crippen LogP contribution >= 0.6 is 0 Å². The van der Waals surface area contributed by atoms with Gasteiger partial charge in [0.05, 0.1) is 0 Å². The van der Waals surface area contributed by atoms with E-state index in [2.05, 4.69) is 0 Å². The van der Waals surface area contributed by atoms with Crippen LogP contribution in [0.4, 0.5) is 26.3 Å². The second kappa shape index (κ2) is 5.90. The molecule has 0 aromatic heterocycles. The van der Waals surface area contributed by atoms with Gasteiger partial charge in [0.25, 0.3) is 19.7 Å². The van der Waals surface area contributed by atoms with Gasteiger partial charge < -0.3 is 0 Å². The fourth-order valence-electron chi connectivity index (χ4n) is 1.98. The Kier molecular flexibility index (Phi) is 5.10. The van der Waals surface area contributed by atoms with E-state index in [1.807, 2.05) is 0 Å². The summed E-state index contributed by atoms with van der Waals surface area (Å²) in [6, 6.07) is 1.71. The molecular weight excluding hydrogens is 386 g/mol. The lowest BCUT2D eigenvalue weighted by atomic mass is 10.00. The summed E-state index contributed by atoms with van der Waals surface area (Å²) >= 11 is 0. The first-order valence-corrected chi connectivity index (χ1v) is 9.22. The smallest absolute Gasteiger partial charge is 0.218 e. The van der Waals surface area contributed by atoms with Crippen molar-refractivity contribution in [2.24, 2.45) is 0 Å². The van der Waals surface area contributed by atoms with E-state index < -0.39 is 40.8 Å². The largest absolute Gasteiger partial charge is 0.499 e. The Morgan fingerprint density at radius 2 is 1.12 bits per heavy atom. The maximum atomic E-state index is 12.8. The second-order valence-electron chi connectivity index (χ2n) is 5.04. The molecule has 0 aliphatic rings. The van der Waals surface area contributed by atoms with Crippen molar-refractivity contribution in [2.75, 3.05) is 0 Å². The molecule has 0 radical (unpaired) electrons. The lowest BCUT2D eigenvalue weighted by Crippen LogP contribution is -2.39. The molecule has 0 atom stereocenters. The summed E-state index contributed by atoms with van der Waals surface area (Å²) in [5, 5.41) is 0. The zero-order valence-corrected chi connectivity index (χ0v) is 14.1. The summed E-state index contributed by atoms with van der Waals surface area (Å²) in [6.45, 7) is 3.87.